The predicted octanol–water partition coefficient (Wildman–Crippen LogP) is 3.23. The van der Waals surface area contributed by atoms with Gasteiger partial charge in [0, 0.05) is 18.5 Å². The third kappa shape index (κ3) is 1.95. The number of rotatable bonds is 2. The standard InChI is InChI=1S/C16H17NO2/c1-11(17-10-4-7-15(17)19)16-13-6-3-2-5-12(13)8-9-14(16)18/h2-3,5-6,8-9,11,18H,4,7,10H2,1H3. The van der Waals surface area contributed by atoms with Crippen LogP contribution in [-0.4, -0.2) is 22.5 Å². The number of amides is 1. The first-order chi connectivity index (χ1) is 9.18. The second-order valence-electron chi connectivity index (χ2n) is 5.09. The first kappa shape index (κ1) is 12.0. The molecule has 1 aliphatic heterocycles. The number of hydrogen-bond donors (Lipinski definition) is 1. The van der Waals surface area contributed by atoms with Crippen molar-refractivity contribution < 1.29 is 9.90 Å². The van der Waals surface area contributed by atoms with Gasteiger partial charge in [-0.05, 0) is 30.2 Å². The molecule has 0 bridgehead atoms. The van der Waals surface area contributed by atoms with Crippen molar-refractivity contribution in [3.63, 3.8) is 0 Å². The molecule has 0 radical (unpaired) electrons. The Bertz CT molecular complexity index is 636. The second-order valence-corrected chi connectivity index (χ2v) is 5.09. The molecule has 2 aromatic rings. The van der Waals surface area contributed by atoms with Crippen LogP contribution in [0.2, 0.25) is 0 Å². The summed E-state index contributed by atoms with van der Waals surface area (Å²) in [7, 11) is 0. The highest BCUT2D eigenvalue weighted by Crippen LogP contribution is 2.36. The van der Waals surface area contributed by atoms with Gasteiger partial charge in [-0.15, -0.1) is 0 Å². The van der Waals surface area contributed by atoms with Gasteiger partial charge in [0.1, 0.15) is 5.75 Å². The maximum absolute atomic E-state index is 11.9. The van der Waals surface area contributed by atoms with E-state index in [1.54, 1.807) is 6.07 Å². The quantitative estimate of drug-likeness (QED) is 0.895. The Morgan fingerprint density at radius 3 is 2.74 bits per heavy atom. The van der Waals surface area contributed by atoms with Gasteiger partial charge in [0.05, 0.1) is 6.04 Å². The number of likely N-dealkylation sites (tertiary alicyclic amines) is 1. The molecule has 19 heavy (non-hydrogen) atoms. The Labute approximate surface area is 112 Å². The third-order valence-electron chi connectivity index (χ3n) is 3.94. The molecule has 1 unspecified atom stereocenters. The van der Waals surface area contributed by atoms with E-state index in [4.69, 9.17) is 0 Å². The van der Waals surface area contributed by atoms with Gasteiger partial charge in [-0.25, -0.2) is 0 Å². The van der Waals surface area contributed by atoms with Gasteiger partial charge in [-0.3, -0.25) is 4.79 Å². The number of hydrogen-bond acceptors (Lipinski definition) is 2. The summed E-state index contributed by atoms with van der Waals surface area (Å²) in [4.78, 5) is 13.7. The SMILES string of the molecule is CC(c1c(O)ccc2ccccc12)N1CCCC1=O. The highest BCUT2D eigenvalue weighted by Gasteiger charge is 2.28. The fourth-order valence-corrected chi connectivity index (χ4v) is 2.96. The molecular weight excluding hydrogens is 238 g/mol. The zero-order chi connectivity index (χ0) is 13.4. The Kier molecular flexibility index (Phi) is 2.90. The molecule has 1 atom stereocenters. The summed E-state index contributed by atoms with van der Waals surface area (Å²) in [5.74, 6) is 0.450. The zero-order valence-electron chi connectivity index (χ0n) is 11.0. The molecule has 0 aromatic heterocycles. The van der Waals surface area contributed by atoms with Crippen LogP contribution in [0.4, 0.5) is 0 Å². The molecule has 1 heterocycles. The summed E-state index contributed by atoms with van der Waals surface area (Å²) in [6.45, 7) is 2.77. The number of benzene rings is 2. The summed E-state index contributed by atoms with van der Waals surface area (Å²) in [6.07, 6.45) is 1.53. The van der Waals surface area contributed by atoms with Gasteiger partial charge in [-0.1, -0.05) is 30.3 Å². The summed E-state index contributed by atoms with van der Waals surface area (Å²) in [6, 6.07) is 11.5. The van der Waals surface area contributed by atoms with E-state index < -0.39 is 0 Å². The molecule has 3 rings (SSSR count). The van der Waals surface area contributed by atoms with Crippen molar-refractivity contribution >= 4 is 16.7 Å². The number of nitrogens with zero attached hydrogens (tertiary/aromatic N) is 1. The van der Waals surface area contributed by atoms with Crippen molar-refractivity contribution in [2.75, 3.05) is 6.54 Å². The molecule has 3 nitrogen and oxygen atoms in total. The number of carbonyl (C=O) groups is 1. The smallest absolute Gasteiger partial charge is 0.223 e. The van der Waals surface area contributed by atoms with Crippen molar-refractivity contribution in [1.29, 1.82) is 0 Å². The largest absolute Gasteiger partial charge is 0.508 e. The molecule has 1 saturated heterocycles. The van der Waals surface area contributed by atoms with E-state index in [0.29, 0.717) is 6.42 Å². The van der Waals surface area contributed by atoms with E-state index in [1.165, 1.54) is 0 Å². The van der Waals surface area contributed by atoms with Crippen LogP contribution >= 0.6 is 0 Å². The van der Waals surface area contributed by atoms with E-state index in [-0.39, 0.29) is 17.7 Å². The van der Waals surface area contributed by atoms with E-state index in [1.807, 2.05) is 42.2 Å². The summed E-state index contributed by atoms with van der Waals surface area (Å²) >= 11 is 0. The molecule has 2 aromatic carbocycles. The molecule has 0 aliphatic carbocycles. The minimum absolute atomic E-state index is 0.0823. The molecule has 1 fully saturated rings. The third-order valence-corrected chi connectivity index (χ3v) is 3.94. The first-order valence-electron chi connectivity index (χ1n) is 6.68. The number of carbonyl (C=O) groups excluding carboxylic acids is 1. The summed E-state index contributed by atoms with van der Waals surface area (Å²) in [5, 5.41) is 12.3. The number of fused-ring (bicyclic) bond motifs is 1. The Hall–Kier alpha value is -2.03. The van der Waals surface area contributed by atoms with Crippen molar-refractivity contribution in [3.05, 3.63) is 42.0 Å². The average Bonchev–Trinajstić information content (AvgIpc) is 2.84. The van der Waals surface area contributed by atoms with Gasteiger partial charge in [0.2, 0.25) is 5.91 Å². The molecule has 1 aliphatic rings. The average molecular weight is 255 g/mol. The fraction of sp³-hybridized carbons (Fsp3) is 0.312. The van der Waals surface area contributed by atoms with Crippen LogP contribution in [0.25, 0.3) is 10.8 Å². The van der Waals surface area contributed by atoms with Crippen LogP contribution in [-0.2, 0) is 4.79 Å². The summed E-state index contributed by atoms with van der Waals surface area (Å²) < 4.78 is 0. The molecule has 0 saturated carbocycles. The minimum atomic E-state index is -0.0823. The van der Waals surface area contributed by atoms with E-state index in [9.17, 15) is 9.90 Å². The van der Waals surface area contributed by atoms with Gasteiger partial charge in [-0.2, -0.15) is 0 Å². The molecule has 1 N–H and O–H groups in total. The van der Waals surface area contributed by atoms with Crippen LogP contribution in [0.15, 0.2) is 36.4 Å². The lowest BCUT2D eigenvalue weighted by molar-refractivity contribution is -0.129. The Balaban J connectivity index is 2.13. The number of phenolic OH excluding ortho intramolecular Hbond substituents is 1. The molecular formula is C16H17NO2. The molecule has 1 amide bonds. The Morgan fingerprint density at radius 1 is 1.21 bits per heavy atom. The zero-order valence-corrected chi connectivity index (χ0v) is 11.0. The van der Waals surface area contributed by atoms with Crippen LogP contribution in [0.1, 0.15) is 31.4 Å². The minimum Gasteiger partial charge on any atom is -0.508 e. The van der Waals surface area contributed by atoms with Crippen molar-refractivity contribution in [1.82, 2.24) is 4.90 Å². The van der Waals surface area contributed by atoms with Crippen molar-refractivity contribution in [3.8, 4) is 5.75 Å². The Morgan fingerprint density at radius 2 is 2.00 bits per heavy atom. The predicted molar refractivity (Wildman–Crippen MR) is 75.0 cm³/mol. The maximum atomic E-state index is 11.9. The monoisotopic (exact) mass is 255 g/mol. The van der Waals surface area contributed by atoms with Gasteiger partial charge < -0.3 is 10.0 Å². The van der Waals surface area contributed by atoms with Crippen LogP contribution < -0.4 is 0 Å². The number of phenols is 1. The highest BCUT2D eigenvalue weighted by atomic mass is 16.3. The number of aromatic hydroxyl groups is 1. The van der Waals surface area contributed by atoms with Crippen molar-refractivity contribution in [2.24, 2.45) is 0 Å². The second kappa shape index (κ2) is 4.57. The van der Waals surface area contributed by atoms with Crippen LogP contribution in [0, 0.1) is 0 Å². The van der Waals surface area contributed by atoms with Crippen LogP contribution in [0.5, 0.6) is 5.75 Å². The van der Waals surface area contributed by atoms with Gasteiger partial charge in [0.15, 0.2) is 0 Å². The normalized spacial score (nSPS) is 17.1. The van der Waals surface area contributed by atoms with Crippen molar-refractivity contribution in [2.45, 2.75) is 25.8 Å². The highest BCUT2D eigenvalue weighted by molar-refractivity contribution is 5.89. The van der Waals surface area contributed by atoms with E-state index in [0.717, 1.165) is 29.3 Å². The topological polar surface area (TPSA) is 40.5 Å². The van der Waals surface area contributed by atoms with Crippen LogP contribution in [0.3, 0.4) is 0 Å². The fourth-order valence-electron chi connectivity index (χ4n) is 2.96. The lowest BCUT2D eigenvalue weighted by Crippen LogP contribution is -2.28. The first-order valence-corrected chi connectivity index (χ1v) is 6.68. The van der Waals surface area contributed by atoms with E-state index in [2.05, 4.69) is 0 Å². The molecule has 3 heteroatoms. The van der Waals surface area contributed by atoms with E-state index >= 15 is 0 Å². The van der Waals surface area contributed by atoms with Gasteiger partial charge >= 0.3 is 0 Å². The lowest BCUT2D eigenvalue weighted by atomic mass is 9.97. The maximum Gasteiger partial charge on any atom is 0.223 e. The molecule has 0 spiro atoms. The lowest BCUT2D eigenvalue weighted by Gasteiger charge is -2.26. The van der Waals surface area contributed by atoms with Gasteiger partial charge in [0.25, 0.3) is 0 Å². The molecule has 98 valence electrons. The summed E-state index contributed by atoms with van der Waals surface area (Å²) in [5.41, 5.74) is 0.855.